The largest absolute Gasteiger partial charge is 0.394 e. The van der Waals surface area contributed by atoms with Crippen molar-refractivity contribution < 1.29 is 49.6 Å². The molecule has 0 aromatic rings. The molecule has 2 fully saturated rings. The standard InChI is InChI=1S/C24H46O10S/c25-14-17-20(28)21(29)22(30)24(33-17)34-23-16(27)13-19(32-18(23)15-26)31-11-9-7-5-3-1-2-4-6-8-10-12-35/h16-30,35H,1-15H2/t16-,17-,18-,19+,20+,21+,22-,23+,24+/m1/s1. The fourth-order valence-corrected chi connectivity index (χ4v) is 4.74. The van der Waals surface area contributed by atoms with Crippen LogP contribution in [-0.4, -0.2) is 112 Å². The lowest BCUT2D eigenvalue weighted by Gasteiger charge is -2.44. The summed E-state index contributed by atoms with van der Waals surface area (Å²) in [6.07, 6.45) is 0.981. The van der Waals surface area contributed by atoms with Gasteiger partial charge in [0.25, 0.3) is 0 Å². The fourth-order valence-electron chi connectivity index (χ4n) is 4.52. The average molecular weight is 527 g/mol. The van der Waals surface area contributed by atoms with Crippen molar-refractivity contribution in [2.24, 2.45) is 0 Å². The third kappa shape index (κ3) is 10.3. The van der Waals surface area contributed by atoms with Gasteiger partial charge in [-0.05, 0) is 18.6 Å². The van der Waals surface area contributed by atoms with E-state index >= 15 is 0 Å². The highest BCUT2D eigenvalue weighted by atomic mass is 32.1. The highest BCUT2D eigenvalue weighted by molar-refractivity contribution is 7.80. The molecule has 0 aliphatic carbocycles. The van der Waals surface area contributed by atoms with E-state index in [2.05, 4.69) is 12.6 Å². The first-order valence-electron chi connectivity index (χ1n) is 13.1. The Morgan fingerprint density at radius 2 is 1.26 bits per heavy atom. The van der Waals surface area contributed by atoms with Crippen LogP contribution in [0.1, 0.15) is 70.6 Å². The SMILES string of the molecule is OC[C@H]1O[C@@H](O[C@H]2[C@H](O)C[C@@H](OCCCCCCCCCCCCS)O[C@@H]2CO)[C@H](O)[C@@H](O)[C@H]1O. The van der Waals surface area contributed by atoms with Crippen molar-refractivity contribution in [1.29, 1.82) is 0 Å². The van der Waals surface area contributed by atoms with E-state index in [0.717, 1.165) is 25.0 Å². The van der Waals surface area contributed by atoms with E-state index in [1.807, 2.05) is 0 Å². The van der Waals surface area contributed by atoms with E-state index in [1.165, 1.54) is 44.9 Å². The van der Waals surface area contributed by atoms with E-state index in [-0.39, 0.29) is 6.42 Å². The van der Waals surface area contributed by atoms with Gasteiger partial charge in [-0.3, -0.25) is 0 Å². The molecule has 9 atom stereocenters. The van der Waals surface area contributed by atoms with Crippen molar-refractivity contribution in [3.8, 4) is 0 Å². The van der Waals surface area contributed by atoms with Crippen LogP contribution in [0.15, 0.2) is 0 Å². The smallest absolute Gasteiger partial charge is 0.187 e. The molecule has 0 radical (unpaired) electrons. The minimum absolute atomic E-state index is 0.103. The molecule has 0 amide bonds. The number of unbranched alkanes of at least 4 members (excludes halogenated alkanes) is 9. The van der Waals surface area contributed by atoms with Crippen molar-refractivity contribution in [2.45, 2.75) is 126 Å². The van der Waals surface area contributed by atoms with E-state index in [4.69, 9.17) is 18.9 Å². The number of aliphatic hydroxyl groups excluding tert-OH is 6. The fraction of sp³-hybridized carbons (Fsp3) is 1.00. The van der Waals surface area contributed by atoms with E-state index in [9.17, 15) is 30.6 Å². The first-order chi connectivity index (χ1) is 16.9. The van der Waals surface area contributed by atoms with Gasteiger partial charge in [0.05, 0.1) is 19.3 Å². The quantitative estimate of drug-likeness (QED) is 0.105. The van der Waals surface area contributed by atoms with Crippen molar-refractivity contribution in [1.82, 2.24) is 0 Å². The minimum atomic E-state index is -1.61. The predicted molar refractivity (Wildman–Crippen MR) is 131 cm³/mol. The van der Waals surface area contributed by atoms with Crippen LogP contribution >= 0.6 is 12.6 Å². The molecular weight excluding hydrogens is 480 g/mol. The molecule has 0 saturated carbocycles. The Kier molecular flexibility index (Phi) is 15.5. The molecule has 208 valence electrons. The Morgan fingerprint density at radius 3 is 1.83 bits per heavy atom. The summed E-state index contributed by atoms with van der Waals surface area (Å²) in [5.41, 5.74) is 0. The topological polar surface area (TPSA) is 158 Å². The summed E-state index contributed by atoms with van der Waals surface area (Å²) < 4.78 is 22.5. The first kappa shape index (κ1) is 31.2. The normalized spacial score (nSPS) is 35.9. The summed E-state index contributed by atoms with van der Waals surface area (Å²) in [6, 6.07) is 0. The third-order valence-corrected chi connectivity index (χ3v) is 7.00. The zero-order valence-electron chi connectivity index (χ0n) is 20.6. The van der Waals surface area contributed by atoms with Crippen LogP contribution in [-0.2, 0) is 18.9 Å². The van der Waals surface area contributed by atoms with Crippen LogP contribution in [0, 0.1) is 0 Å². The maximum absolute atomic E-state index is 10.6. The molecule has 0 bridgehead atoms. The number of ether oxygens (including phenoxy) is 4. The van der Waals surface area contributed by atoms with Crippen molar-refractivity contribution in [3.63, 3.8) is 0 Å². The summed E-state index contributed by atoms with van der Waals surface area (Å²) in [6.45, 7) is -0.574. The molecule has 2 rings (SSSR count). The Labute approximate surface area is 213 Å². The van der Waals surface area contributed by atoms with Crippen molar-refractivity contribution in [2.75, 3.05) is 25.6 Å². The van der Waals surface area contributed by atoms with Crippen LogP contribution in [0.5, 0.6) is 0 Å². The van der Waals surface area contributed by atoms with Gasteiger partial charge in [-0.15, -0.1) is 0 Å². The van der Waals surface area contributed by atoms with Gasteiger partial charge >= 0.3 is 0 Å². The summed E-state index contributed by atoms with van der Waals surface area (Å²) in [7, 11) is 0. The van der Waals surface area contributed by atoms with E-state index in [0.29, 0.717) is 6.61 Å². The van der Waals surface area contributed by atoms with Crippen LogP contribution in [0.3, 0.4) is 0 Å². The third-order valence-electron chi connectivity index (χ3n) is 6.68. The number of thiol groups is 1. The van der Waals surface area contributed by atoms with Crippen molar-refractivity contribution in [3.05, 3.63) is 0 Å². The Morgan fingerprint density at radius 1 is 0.686 bits per heavy atom. The number of hydrogen-bond acceptors (Lipinski definition) is 11. The molecule has 35 heavy (non-hydrogen) atoms. The predicted octanol–water partition coefficient (Wildman–Crippen LogP) is 0.487. The first-order valence-corrected chi connectivity index (χ1v) is 13.7. The minimum Gasteiger partial charge on any atom is -0.394 e. The summed E-state index contributed by atoms with van der Waals surface area (Å²) in [4.78, 5) is 0. The molecule has 0 aromatic carbocycles. The second-order valence-electron chi connectivity index (χ2n) is 9.52. The van der Waals surface area contributed by atoms with Gasteiger partial charge in [0.2, 0.25) is 0 Å². The van der Waals surface area contributed by atoms with Crippen molar-refractivity contribution >= 4 is 12.6 Å². The van der Waals surface area contributed by atoms with Gasteiger partial charge in [0.15, 0.2) is 12.6 Å². The molecule has 10 nitrogen and oxygen atoms in total. The zero-order chi connectivity index (χ0) is 25.6. The van der Waals surface area contributed by atoms with Gasteiger partial charge in [-0.2, -0.15) is 12.6 Å². The highest BCUT2D eigenvalue weighted by Gasteiger charge is 2.48. The molecule has 11 heteroatoms. The number of rotatable bonds is 17. The molecule has 2 aliphatic rings. The molecule has 6 N–H and O–H groups in total. The van der Waals surface area contributed by atoms with E-state index < -0.39 is 68.5 Å². The maximum Gasteiger partial charge on any atom is 0.187 e. The summed E-state index contributed by atoms with van der Waals surface area (Å²) in [5.74, 6) is 0.976. The monoisotopic (exact) mass is 526 g/mol. The lowest BCUT2D eigenvalue weighted by molar-refractivity contribution is -0.344. The van der Waals surface area contributed by atoms with Crippen LogP contribution in [0.4, 0.5) is 0 Å². The molecular formula is C24H46O10S. The molecule has 2 aliphatic heterocycles. The Bertz CT molecular complexity index is 542. The molecule has 0 aromatic heterocycles. The van der Waals surface area contributed by atoms with Gasteiger partial charge in [0.1, 0.15) is 36.6 Å². The second-order valence-corrected chi connectivity index (χ2v) is 9.96. The van der Waals surface area contributed by atoms with Crippen LogP contribution in [0.25, 0.3) is 0 Å². The highest BCUT2D eigenvalue weighted by Crippen LogP contribution is 2.29. The van der Waals surface area contributed by atoms with Gasteiger partial charge in [0, 0.05) is 13.0 Å². The van der Waals surface area contributed by atoms with Gasteiger partial charge < -0.3 is 49.6 Å². The second kappa shape index (κ2) is 17.5. The lowest BCUT2D eigenvalue weighted by atomic mass is 9.98. The molecule has 2 heterocycles. The zero-order valence-corrected chi connectivity index (χ0v) is 21.5. The number of aliphatic hydroxyl groups is 6. The summed E-state index contributed by atoms with van der Waals surface area (Å²) in [5, 5.41) is 59.7. The maximum atomic E-state index is 10.6. The number of hydrogen-bond donors (Lipinski definition) is 7. The molecule has 0 spiro atoms. The summed E-state index contributed by atoms with van der Waals surface area (Å²) >= 11 is 4.23. The van der Waals surface area contributed by atoms with Gasteiger partial charge in [-0.25, -0.2) is 0 Å². The van der Waals surface area contributed by atoms with E-state index in [1.54, 1.807) is 0 Å². The Balaban J connectivity index is 1.64. The van der Waals surface area contributed by atoms with Crippen LogP contribution < -0.4 is 0 Å². The molecule has 2 saturated heterocycles. The lowest BCUT2D eigenvalue weighted by Crippen LogP contribution is -2.62. The van der Waals surface area contributed by atoms with Crippen LogP contribution in [0.2, 0.25) is 0 Å². The van der Waals surface area contributed by atoms with Gasteiger partial charge in [-0.1, -0.05) is 51.4 Å². The molecule has 0 unspecified atom stereocenters. The Hall–Kier alpha value is -0.0500. The average Bonchev–Trinajstić information content (AvgIpc) is 2.86.